The van der Waals surface area contributed by atoms with Gasteiger partial charge in [0.25, 0.3) is 5.56 Å². The van der Waals surface area contributed by atoms with Gasteiger partial charge in [0.2, 0.25) is 0 Å². The molecule has 1 aliphatic rings. The van der Waals surface area contributed by atoms with Gasteiger partial charge in [-0.2, -0.15) is 16.9 Å². The van der Waals surface area contributed by atoms with Crippen molar-refractivity contribution in [2.24, 2.45) is 18.4 Å². The molecule has 4 bridgehead atoms. The molecule has 3 aromatic heterocycles. The molecule has 5 aromatic rings. The summed E-state index contributed by atoms with van der Waals surface area (Å²) in [6, 6.07) is 15.0. The highest BCUT2D eigenvalue weighted by Crippen LogP contribution is 2.39. The summed E-state index contributed by atoms with van der Waals surface area (Å²) in [5.41, 5.74) is 4.25. The van der Waals surface area contributed by atoms with Crippen molar-refractivity contribution in [3.8, 4) is 11.4 Å². The topological polar surface area (TPSA) is 106 Å². The van der Waals surface area contributed by atoms with E-state index < -0.39 is 17.3 Å². The third kappa shape index (κ3) is 6.86. The predicted molar refractivity (Wildman–Crippen MR) is 190 cm³/mol. The first-order valence-electron chi connectivity index (χ1n) is 16.6. The molecule has 1 aliphatic heterocycles. The fourth-order valence-corrected chi connectivity index (χ4v) is 8.14. The number of fused-ring (bicyclic) bond motifs is 8. The molecule has 48 heavy (non-hydrogen) atoms. The number of carboxylic acid groups (broad SMARTS) is 1. The van der Waals surface area contributed by atoms with E-state index in [9.17, 15) is 14.7 Å². The van der Waals surface area contributed by atoms with Crippen LogP contribution < -0.4 is 5.56 Å². The van der Waals surface area contributed by atoms with Gasteiger partial charge >= 0.3 is 5.97 Å². The number of aryl methyl sites for hydroxylation is 2. The average Bonchev–Trinajstić information content (AvgIpc) is 3.67. The zero-order chi connectivity index (χ0) is 34.2. The summed E-state index contributed by atoms with van der Waals surface area (Å²) in [4.78, 5) is 33.1. The van der Waals surface area contributed by atoms with Crippen LogP contribution in [0.5, 0.6) is 0 Å². The molecule has 2 aromatic carbocycles. The summed E-state index contributed by atoms with van der Waals surface area (Å²) in [7, 11) is 1.85. The van der Waals surface area contributed by atoms with E-state index in [1.165, 1.54) is 12.1 Å². The lowest BCUT2D eigenvalue weighted by Gasteiger charge is -2.31. The number of carbonyl (C=O) groups is 1. The standard InChI is InChI=1S/C38H44FN5O3S/c1-24(35(46)47)18-25-8-6-9-27(19-25)38(4)15-7-14-37(2,3)23-48-17-13-28-29-12-16-40-32(29)20-31(39)30(28)22-44-21-26(10-11-33(44)45)34-41-36(38)42-43(34)5/h6,8-12,16,19-21,24,40H,7,13-15,17-18,22-23H2,1-5H3,(H,46,47). The summed E-state index contributed by atoms with van der Waals surface area (Å²) in [6.45, 7) is 8.62. The van der Waals surface area contributed by atoms with Gasteiger partial charge in [0.1, 0.15) is 5.82 Å². The molecule has 0 spiro atoms. The van der Waals surface area contributed by atoms with Crippen LogP contribution in [0.2, 0.25) is 0 Å². The first kappa shape index (κ1) is 33.7. The molecule has 10 heteroatoms. The number of aromatic nitrogens is 5. The van der Waals surface area contributed by atoms with Gasteiger partial charge in [0.15, 0.2) is 11.6 Å². The van der Waals surface area contributed by atoms with Crippen LogP contribution in [0.25, 0.3) is 22.3 Å². The lowest BCUT2D eigenvalue weighted by atomic mass is 9.75. The molecule has 2 N–H and O–H groups in total. The van der Waals surface area contributed by atoms with E-state index in [0.29, 0.717) is 35.6 Å². The van der Waals surface area contributed by atoms with Crippen molar-refractivity contribution in [3.05, 3.63) is 105 Å². The van der Waals surface area contributed by atoms with Crippen molar-refractivity contribution in [1.29, 1.82) is 0 Å². The van der Waals surface area contributed by atoms with Crippen molar-refractivity contribution in [2.45, 2.75) is 71.8 Å². The van der Waals surface area contributed by atoms with E-state index in [0.717, 1.165) is 58.4 Å². The molecule has 0 saturated carbocycles. The van der Waals surface area contributed by atoms with Crippen LogP contribution in [0.4, 0.5) is 4.39 Å². The number of pyridine rings is 1. The number of benzene rings is 2. The highest BCUT2D eigenvalue weighted by Gasteiger charge is 2.35. The predicted octanol–water partition coefficient (Wildman–Crippen LogP) is 7.37. The van der Waals surface area contributed by atoms with Crippen molar-refractivity contribution < 1.29 is 14.3 Å². The summed E-state index contributed by atoms with van der Waals surface area (Å²) >= 11 is 1.88. The fourth-order valence-electron chi connectivity index (χ4n) is 6.95. The van der Waals surface area contributed by atoms with Crippen molar-refractivity contribution in [1.82, 2.24) is 24.3 Å². The van der Waals surface area contributed by atoms with Gasteiger partial charge in [-0.3, -0.25) is 9.59 Å². The Labute approximate surface area is 284 Å². The Kier molecular flexibility index (Phi) is 9.40. The summed E-state index contributed by atoms with van der Waals surface area (Å²) in [6.07, 6.45) is 7.47. The number of rotatable bonds is 4. The van der Waals surface area contributed by atoms with E-state index in [1.54, 1.807) is 28.4 Å². The normalized spacial score (nSPS) is 19.3. The largest absolute Gasteiger partial charge is 0.481 e. The van der Waals surface area contributed by atoms with E-state index in [4.69, 9.17) is 10.1 Å². The van der Waals surface area contributed by atoms with E-state index in [1.807, 2.05) is 43.2 Å². The number of nitrogens with zero attached hydrogens (tertiary/aromatic N) is 4. The van der Waals surface area contributed by atoms with Crippen molar-refractivity contribution in [3.63, 3.8) is 0 Å². The maximum absolute atomic E-state index is 15.8. The van der Waals surface area contributed by atoms with Gasteiger partial charge in [-0.15, -0.1) is 0 Å². The Morgan fingerprint density at radius 1 is 1.12 bits per heavy atom. The van der Waals surface area contributed by atoms with Crippen LogP contribution >= 0.6 is 11.8 Å². The Morgan fingerprint density at radius 3 is 2.73 bits per heavy atom. The Hall–Kier alpha value is -4.18. The lowest BCUT2D eigenvalue weighted by Crippen LogP contribution is -2.27. The molecular formula is C38H44FN5O3S. The highest BCUT2D eigenvalue weighted by atomic mass is 32.2. The zero-order valence-electron chi connectivity index (χ0n) is 28.3. The second-order valence-corrected chi connectivity index (χ2v) is 15.4. The minimum absolute atomic E-state index is 0.0669. The molecule has 0 saturated heterocycles. The van der Waals surface area contributed by atoms with E-state index >= 15 is 4.39 Å². The van der Waals surface area contributed by atoms with E-state index in [-0.39, 0.29) is 23.3 Å². The lowest BCUT2D eigenvalue weighted by molar-refractivity contribution is -0.141. The van der Waals surface area contributed by atoms with Crippen LogP contribution in [0, 0.1) is 17.2 Å². The highest BCUT2D eigenvalue weighted by molar-refractivity contribution is 7.99. The number of nitrogens with one attached hydrogen (secondary N) is 1. The third-order valence-electron chi connectivity index (χ3n) is 9.90. The van der Waals surface area contributed by atoms with Crippen LogP contribution in [0.1, 0.15) is 75.0 Å². The van der Waals surface area contributed by atoms with Gasteiger partial charge in [0.05, 0.1) is 17.9 Å². The summed E-state index contributed by atoms with van der Waals surface area (Å²) in [5, 5.41) is 15.5. The molecule has 0 amide bonds. The second kappa shape index (κ2) is 13.4. The van der Waals surface area contributed by atoms with Crippen LogP contribution in [-0.2, 0) is 36.6 Å². The van der Waals surface area contributed by atoms with Crippen LogP contribution in [-0.4, -0.2) is 46.9 Å². The fraction of sp³-hybridized carbons (Fsp3) is 0.421. The molecule has 252 valence electrons. The number of H-pyrrole nitrogens is 1. The first-order chi connectivity index (χ1) is 22.8. The average molecular weight is 670 g/mol. The van der Waals surface area contributed by atoms with Gasteiger partial charge in [0, 0.05) is 47.5 Å². The number of thioether (sulfide) groups is 1. The molecule has 2 unspecified atom stereocenters. The SMILES string of the molecule is CC(Cc1cccc(C2(C)CCCC(C)(C)CSCCc3c(c(F)cc4[nH]ccc34)Cn3cc(ccc3=O)-c3nc2nn3C)c1)C(=O)O. The number of hydrogen-bond donors (Lipinski definition) is 2. The number of carboxylic acids is 1. The molecule has 0 radical (unpaired) electrons. The van der Waals surface area contributed by atoms with Gasteiger partial charge in [-0.1, -0.05) is 51.5 Å². The Balaban J connectivity index is 1.46. The van der Waals surface area contributed by atoms with E-state index in [2.05, 4.69) is 37.9 Å². The minimum Gasteiger partial charge on any atom is -0.481 e. The Bertz CT molecular complexity index is 2030. The van der Waals surface area contributed by atoms with Crippen molar-refractivity contribution in [2.75, 3.05) is 11.5 Å². The molecule has 2 atom stereocenters. The number of hydrogen-bond acceptors (Lipinski definition) is 5. The maximum atomic E-state index is 15.8. The van der Waals surface area contributed by atoms with Gasteiger partial charge in [-0.25, -0.2) is 14.1 Å². The van der Waals surface area contributed by atoms with Crippen LogP contribution in [0.15, 0.2) is 65.7 Å². The monoisotopic (exact) mass is 669 g/mol. The van der Waals surface area contributed by atoms with Gasteiger partial charge < -0.3 is 14.7 Å². The summed E-state index contributed by atoms with van der Waals surface area (Å²) in [5.74, 6) is 1.44. The third-order valence-corrected chi connectivity index (χ3v) is 11.4. The molecule has 4 heterocycles. The maximum Gasteiger partial charge on any atom is 0.306 e. The zero-order valence-corrected chi connectivity index (χ0v) is 29.2. The minimum atomic E-state index is -0.815. The number of halogens is 1. The smallest absolute Gasteiger partial charge is 0.306 e. The number of aliphatic carboxylic acids is 1. The molecule has 0 aliphatic carbocycles. The molecule has 8 nitrogen and oxygen atoms in total. The van der Waals surface area contributed by atoms with Gasteiger partial charge in [-0.05, 0) is 84.4 Å². The molecule has 0 fully saturated rings. The number of aromatic amines is 1. The Morgan fingerprint density at radius 2 is 1.94 bits per heavy atom. The first-order valence-corrected chi connectivity index (χ1v) is 17.8. The molecule has 6 rings (SSSR count). The quantitative estimate of drug-likeness (QED) is 0.207. The molecular weight excluding hydrogens is 626 g/mol. The van der Waals surface area contributed by atoms with Crippen LogP contribution in [0.3, 0.4) is 0 Å². The van der Waals surface area contributed by atoms with Crippen molar-refractivity contribution >= 4 is 28.6 Å². The summed E-state index contributed by atoms with van der Waals surface area (Å²) < 4.78 is 19.1. The second-order valence-electron chi connectivity index (χ2n) is 14.3.